The summed E-state index contributed by atoms with van der Waals surface area (Å²) in [6.45, 7) is 2.13. The Bertz CT molecular complexity index is 606. The maximum absolute atomic E-state index is 11.8. The Morgan fingerprint density at radius 1 is 1.15 bits per heavy atom. The molecule has 0 saturated heterocycles. The summed E-state index contributed by atoms with van der Waals surface area (Å²) < 4.78 is 10.1. The van der Waals surface area contributed by atoms with Crippen LogP contribution < -0.4 is 10.5 Å². The van der Waals surface area contributed by atoms with E-state index in [1.54, 1.807) is 32.2 Å². The number of ether oxygens (including phenoxy) is 2. The van der Waals surface area contributed by atoms with Gasteiger partial charge in [-0.05, 0) is 42.8 Å². The fourth-order valence-electron chi connectivity index (χ4n) is 1.92. The average Bonchev–Trinajstić information content (AvgIpc) is 2.48. The Balaban J connectivity index is 2.39. The third-order valence-electron chi connectivity index (χ3n) is 2.97. The van der Waals surface area contributed by atoms with Crippen LogP contribution in [0.25, 0.3) is 11.1 Å². The number of rotatable bonds is 4. The molecule has 4 nitrogen and oxygen atoms in total. The minimum atomic E-state index is -0.345. The minimum absolute atomic E-state index is 0.345. The topological polar surface area (TPSA) is 61.5 Å². The van der Waals surface area contributed by atoms with Crippen molar-refractivity contribution in [1.29, 1.82) is 0 Å². The van der Waals surface area contributed by atoms with E-state index in [1.165, 1.54) is 0 Å². The van der Waals surface area contributed by atoms with Crippen molar-refractivity contribution in [2.75, 3.05) is 19.5 Å². The van der Waals surface area contributed by atoms with Crippen molar-refractivity contribution in [3.63, 3.8) is 0 Å². The largest absolute Gasteiger partial charge is 0.497 e. The van der Waals surface area contributed by atoms with Gasteiger partial charge in [-0.25, -0.2) is 4.79 Å². The molecular formula is C16H17NO3. The molecule has 0 amide bonds. The van der Waals surface area contributed by atoms with Crippen LogP contribution in [0.1, 0.15) is 17.3 Å². The lowest BCUT2D eigenvalue weighted by Crippen LogP contribution is -2.05. The van der Waals surface area contributed by atoms with Crippen LogP contribution in [0.5, 0.6) is 5.75 Å². The SMILES string of the molecule is CCOC(=O)c1ccc(N)c(-c2ccc(OC)cc2)c1. The summed E-state index contributed by atoms with van der Waals surface area (Å²) >= 11 is 0. The third kappa shape index (κ3) is 2.91. The van der Waals surface area contributed by atoms with Gasteiger partial charge in [-0.2, -0.15) is 0 Å². The molecule has 104 valence electrons. The number of hydrogen-bond donors (Lipinski definition) is 1. The van der Waals surface area contributed by atoms with Gasteiger partial charge in [0, 0.05) is 11.3 Å². The molecule has 0 aromatic heterocycles. The maximum Gasteiger partial charge on any atom is 0.338 e. The van der Waals surface area contributed by atoms with Crippen LogP contribution in [0, 0.1) is 0 Å². The Hall–Kier alpha value is -2.49. The van der Waals surface area contributed by atoms with E-state index in [4.69, 9.17) is 15.2 Å². The molecule has 2 aromatic carbocycles. The molecule has 4 heteroatoms. The van der Waals surface area contributed by atoms with Gasteiger partial charge in [-0.3, -0.25) is 0 Å². The smallest absolute Gasteiger partial charge is 0.338 e. The first-order valence-electron chi connectivity index (χ1n) is 6.36. The number of anilines is 1. The second-order valence-corrected chi connectivity index (χ2v) is 4.25. The van der Waals surface area contributed by atoms with Gasteiger partial charge in [-0.1, -0.05) is 12.1 Å². The Morgan fingerprint density at radius 2 is 1.85 bits per heavy atom. The molecule has 0 aliphatic carbocycles. The van der Waals surface area contributed by atoms with Crippen molar-refractivity contribution in [1.82, 2.24) is 0 Å². The van der Waals surface area contributed by atoms with Crippen molar-refractivity contribution in [3.8, 4) is 16.9 Å². The normalized spacial score (nSPS) is 10.1. The van der Waals surface area contributed by atoms with Gasteiger partial charge in [0.15, 0.2) is 0 Å². The number of esters is 1. The highest BCUT2D eigenvalue weighted by Gasteiger charge is 2.10. The van der Waals surface area contributed by atoms with Crippen LogP contribution in [-0.2, 0) is 4.74 Å². The second-order valence-electron chi connectivity index (χ2n) is 4.25. The van der Waals surface area contributed by atoms with Crippen LogP contribution in [0.4, 0.5) is 5.69 Å². The first-order valence-corrected chi connectivity index (χ1v) is 6.36. The van der Waals surface area contributed by atoms with E-state index in [0.29, 0.717) is 17.9 Å². The quantitative estimate of drug-likeness (QED) is 0.685. The van der Waals surface area contributed by atoms with Gasteiger partial charge >= 0.3 is 5.97 Å². The zero-order chi connectivity index (χ0) is 14.5. The van der Waals surface area contributed by atoms with Gasteiger partial charge in [0.2, 0.25) is 0 Å². The highest BCUT2D eigenvalue weighted by Crippen LogP contribution is 2.28. The molecule has 20 heavy (non-hydrogen) atoms. The van der Waals surface area contributed by atoms with Gasteiger partial charge in [-0.15, -0.1) is 0 Å². The molecule has 0 aliphatic rings. The predicted octanol–water partition coefficient (Wildman–Crippen LogP) is 3.12. The molecule has 2 aromatic rings. The lowest BCUT2D eigenvalue weighted by Gasteiger charge is -2.09. The number of carbonyl (C=O) groups excluding carboxylic acids is 1. The molecule has 0 saturated carbocycles. The summed E-state index contributed by atoms with van der Waals surface area (Å²) in [4.78, 5) is 11.8. The van der Waals surface area contributed by atoms with Crippen molar-refractivity contribution in [2.45, 2.75) is 6.92 Å². The lowest BCUT2D eigenvalue weighted by molar-refractivity contribution is 0.0526. The summed E-state index contributed by atoms with van der Waals surface area (Å²) in [5.41, 5.74) is 8.82. The van der Waals surface area contributed by atoms with Crippen LogP contribution in [0.15, 0.2) is 42.5 Å². The van der Waals surface area contributed by atoms with Crippen molar-refractivity contribution >= 4 is 11.7 Å². The van der Waals surface area contributed by atoms with Crippen molar-refractivity contribution < 1.29 is 14.3 Å². The Labute approximate surface area is 118 Å². The monoisotopic (exact) mass is 271 g/mol. The van der Waals surface area contributed by atoms with E-state index in [9.17, 15) is 4.79 Å². The van der Waals surface area contributed by atoms with Gasteiger partial charge < -0.3 is 15.2 Å². The van der Waals surface area contributed by atoms with Crippen LogP contribution in [0.2, 0.25) is 0 Å². The molecule has 0 aliphatic heterocycles. The van der Waals surface area contributed by atoms with Gasteiger partial charge in [0.1, 0.15) is 5.75 Å². The molecule has 0 unspecified atom stereocenters. The Morgan fingerprint density at radius 3 is 2.45 bits per heavy atom. The number of hydrogen-bond acceptors (Lipinski definition) is 4. The van der Waals surface area contributed by atoms with E-state index in [-0.39, 0.29) is 5.97 Å². The zero-order valence-electron chi connectivity index (χ0n) is 11.6. The standard InChI is InChI=1S/C16H17NO3/c1-3-20-16(18)12-6-9-15(17)14(10-12)11-4-7-13(19-2)8-5-11/h4-10H,3,17H2,1-2H3. The first kappa shape index (κ1) is 13.9. The average molecular weight is 271 g/mol. The van der Waals surface area contributed by atoms with Crippen LogP contribution in [-0.4, -0.2) is 19.7 Å². The van der Waals surface area contributed by atoms with E-state index in [2.05, 4.69) is 0 Å². The van der Waals surface area contributed by atoms with Crippen LogP contribution >= 0.6 is 0 Å². The fraction of sp³-hybridized carbons (Fsp3) is 0.188. The summed E-state index contributed by atoms with van der Waals surface area (Å²) in [7, 11) is 1.62. The second kappa shape index (κ2) is 6.10. The van der Waals surface area contributed by atoms with Gasteiger partial charge in [0.05, 0.1) is 19.3 Å². The van der Waals surface area contributed by atoms with E-state index < -0.39 is 0 Å². The number of benzene rings is 2. The zero-order valence-corrected chi connectivity index (χ0v) is 11.6. The van der Waals surface area contributed by atoms with Crippen molar-refractivity contribution in [2.24, 2.45) is 0 Å². The lowest BCUT2D eigenvalue weighted by atomic mass is 10.0. The Kier molecular flexibility index (Phi) is 4.25. The summed E-state index contributed by atoms with van der Waals surface area (Å²) in [5, 5.41) is 0. The minimum Gasteiger partial charge on any atom is -0.497 e. The highest BCUT2D eigenvalue weighted by atomic mass is 16.5. The summed E-state index contributed by atoms with van der Waals surface area (Å²) in [6.07, 6.45) is 0. The molecule has 0 heterocycles. The number of nitrogens with two attached hydrogens (primary N) is 1. The van der Waals surface area contributed by atoms with E-state index >= 15 is 0 Å². The van der Waals surface area contributed by atoms with Crippen LogP contribution in [0.3, 0.4) is 0 Å². The molecule has 2 N–H and O–H groups in total. The third-order valence-corrected chi connectivity index (χ3v) is 2.97. The van der Waals surface area contributed by atoms with Crippen molar-refractivity contribution in [3.05, 3.63) is 48.0 Å². The summed E-state index contributed by atoms with van der Waals surface area (Å²) in [6, 6.07) is 12.6. The number of carbonyl (C=O) groups is 1. The summed E-state index contributed by atoms with van der Waals surface area (Å²) in [5.74, 6) is 0.427. The maximum atomic E-state index is 11.8. The molecule has 0 radical (unpaired) electrons. The number of nitrogen functional groups attached to an aromatic ring is 1. The molecule has 0 atom stereocenters. The van der Waals surface area contributed by atoms with E-state index in [1.807, 2.05) is 24.3 Å². The highest BCUT2D eigenvalue weighted by molar-refractivity contribution is 5.93. The molecule has 2 rings (SSSR count). The van der Waals surface area contributed by atoms with Gasteiger partial charge in [0.25, 0.3) is 0 Å². The fourth-order valence-corrected chi connectivity index (χ4v) is 1.92. The van der Waals surface area contributed by atoms with E-state index in [0.717, 1.165) is 16.9 Å². The molecular weight excluding hydrogens is 254 g/mol. The first-order chi connectivity index (χ1) is 9.65. The predicted molar refractivity (Wildman–Crippen MR) is 78.8 cm³/mol. The number of methoxy groups -OCH3 is 1. The molecule has 0 spiro atoms. The molecule has 0 fully saturated rings. The molecule has 0 bridgehead atoms.